The van der Waals surface area contributed by atoms with Crippen molar-refractivity contribution >= 4 is 11.7 Å². The maximum atomic E-state index is 11.2. The van der Waals surface area contributed by atoms with E-state index >= 15 is 0 Å². The molecular weight excluding hydrogens is 186 g/mol. The highest BCUT2D eigenvalue weighted by atomic mass is 16.5. The van der Waals surface area contributed by atoms with Crippen molar-refractivity contribution in [1.29, 1.82) is 0 Å². The highest BCUT2D eigenvalue weighted by Crippen LogP contribution is 1.92. The third-order valence-electron chi connectivity index (χ3n) is 1.70. The van der Waals surface area contributed by atoms with Crippen LogP contribution in [0.3, 0.4) is 0 Å². The molecule has 0 rings (SSSR count). The van der Waals surface area contributed by atoms with E-state index in [1.54, 1.807) is 7.11 Å². The summed E-state index contributed by atoms with van der Waals surface area (Å²) < 4.78 is 4.90. The molecule has 6 heteroatoms. The number of amidine groups is 1. The minimum atomic E-state index is -0.274. The first-order chi connectivity index (χ1) is 6.63. The maximum absolute atomic E-state index is 11.2. The van der Waals surface area contributed by atoms with Crippen molar-refractivity contribution in [3.63, 3.8) is 0 Å². The third-order valence-corrected chi connectivity index (χ3v) is 1.70. The van der Waals surface area contributed by atoms with Crippen LogP contribution in [0.5, 0.6) is 0 Å². The third kappa shape index (κ3) is 5.36. The fourth-order valence-electron chi connectivity index (χ4n) is 0.941. The molecule has 1 amide bonds. The Labute approximate surface area is 83.1 Å². The summed E-state index contributed by atoms with van der Waals surface area (Å²) in [5.41, 5.74) is 5.17. The Hall–Kier alpha value is -1.30. The van der Waals surface area contributed by atoms with Crippen LogP contribution in [-0.2, 0) is 9.53 Å². The number of nitrogens with two attached hydrogens (primary N) is 1. The molecule has 1 unspecified atom stereocenters. The fourth-order valence-corrected chi connectivity index (χ4v) is 0.941. The minimum Gasteiger partial charge on any atom is -0.409 e. The van der Waals surface area contributed by atoms with Crippen molar-refractivity contribution in [2.24, 2.45) is 10.9 Å². The molecule has 0 heterocycles. The van der Waals surface area contributed by atoms with Crippen LogP contribution >= 0.6 is 0 Å². The molecule has 14 heavy (non-hydrogen) atoms. The lowest BCUT2D eigenvalue weighted by Gasteiger charge is -2.15. The first kappa shape index (κ1) is 12.7. The fraction of sp³-hybridized carbons (Fsp3) is 0.750. The molecule has 0 aliphatic carbocycles. The second-order valence-corrected chi connectivity index (χ2v) is 2.90. The number of nitrogens with one attached hydrogen (secondary N) is 1. The summed E-state index contributed by atoms with van der Waals surface area (Å²) in [7, 11) is 1.57. The van der Waals surface area contributed by atoms with Crippen LogP contribution < -0.4 is 11.1 Å². The van der Waals surface area contributed by atoms with Gasteiger partial charge in [0, 0.05) is 7.11 Å². The smallest absolute Gasteiger partial charge is 0.227 e. The van der Waals surface area contributed by atoms with E-state index in [0.717, 1.165) is 6.42 Å². The molecule has 0 aliphatic heterocycles. The monoisotopic (exact) mass is 203 g/mol. The standard InChI is InChI=1S/C8H17N3O3/c1-3-6(5-14-2)10-8(12)4-7(9)11-13/h6,13H,3-5H2,1-2H3,(H2,9,11)(H,10,12). The van der Waals surface area contributed by atoms with E-state index in [1.165, 1.54) is 0 Å². The Bertz CT molecular complexity index is 206. The molecule has 0 spiro atoms. The van der Waals surface area contributed by atoms with E-state index in [0.29, 0.717) is 6.61 Å². The van der Waals surface area contributed by atoms with Gasteiger partial charge in [-0.3, -0.25) is 4.79 Å². The zero-order valence-corrected chi connectivity index (χ0v) is 8.49. The summed E-state index contributed by atoms with van der Waals surface area (Å²) in [5, 5.41) is 13.6. The van der Waals surface area contributed by atoms with Crippen LogP contribution in [0.15, 0.2) is 5.16 Å². The lowest BCUT2D eigenvalue weighted by molar-refractivity contribution is -0.121. The number of nitrogens with zero attached hydrogens (tertiary/aromatic N) is 1. The van der Waals surface area contributed by atoms with Gasteiger partial charge in [0.05, 0.1) is 19.1 Å². The van der Waals surface area contributed by atoms with Crippen LogP contribution in [0.25, 0.3) is 0 Å². The number of carbonyl (C=O) groups excluding carboxylic acids is 1. The van der Waals surface area contributed by atoms with Gasteiger partial charge in [0.15, 0.2) is 0 Å². The maximum Gasteiger partial charge on any atom is 0.227 e. The Morgan fingerprint density at radius 2 is 2.36 bits per heavy atom. The second-order valence-electron chi connectivity index (χ2n) is 2.90. The zero-order chi connectivity index (χ0) is 11.0. The molecule has 1 atom stereocenters. The van der Waals surface area contributed by atoms with E-state index in [-0.39, 0.29) is 24.2 Å². The number of methoxy groups -OCH3 is 1. The minimum absolute atomic E-state index is 0.0287. The average Bonchev–Trinajstić information content (AvgIpc) is 2.16. The summed E-state index contributed by atoms with van der Waals surface area (Å²) in [5.74, 6) is -0.376. The molecule has 0 saturated carbocycles. The van der Waals surface area contributed by atoms with E-state index in [1.807, 2.05) is 6.92 Å². The summed E-state index contributed by atoms with van der Waals surface area (Å²) in [6, 6.07) is -0.0287. The van der Waals surface area contributed by atoms with E-state index in [4.69, 9.17) is 15.7 Å². The van der Waals surface area contributed by atoms with Crippen molar-refractivity contribution < 1.29 is 14.7 Å². The van der Waals surface area contributed by atoms with Crippen molar-refractivity contribution in [3.8, 4) is 0 Å². The summed E-state index contributed by atoms with van der Waals surface area (Å²) >= 11 is 0. The van der Waals surface area contributed by atoms with Gasteiger partial charge in [-0.2, -0.15) is 0 Å². The van der Waals surface area contributed by atoms with Gasteiger partial charge in [-0.05, 0) is 6.42 Å². The largest absolute Gasteiger partial charge is 0.409 e. The molecule has 0 aromatic rings. The van der Waals surface area contributed by atoms with Gasteiger partial charge in [-0.15, -0.1) is 0 Å². The van der Waals surface area contributed by atoms with Crippen LogP contribution in [0, 0.1) is 0 Å². The second kappa shape index (κ2) is 7.14. The van der Waals surface area contributed by atoms with Crippen molar-refractivity contribution in [2.75, 3.05) is 13.7 Å². The molecular formula is C8H17N3O3. The molecule has 6 nitrogen and oxygen atoms in total. The molecule has 0 fully saturated rings. The first-order valence-corrected chi connectivity index (χ1v) is 4.38. The van der Waals surface area contributed by atoms with E-state index in [9.17, 15) is 4.79 Å². The van der Waals surface area contributed by atoms with Gasteiger partial charge in [-0.25, -0.2) is 0 Å². The predicted molar refractivity (Wildman–Crippen MR) is 52.1 cm³/mol. The Morgan fingerprint density at radius 3 is 2.79 bits per heavy atom. The SMILES string of the molecule is CCC(COC)NC(=O)CC(N)=NO. The van der Waals surface area contributed by atoms with Crippen molar-refractivity contribution in [2.45, 2.75) is 25.8 Å². The van der Waals surface area contributed by atoms with Gasteiger partial charge in [0.1, 0.15) is 5.84 Å². The van der Waals surface area contributed by atoms with Gasteiger partial charge in [0.2, 0.25) is 5.91 Å². The average molecular weight is 203 g/mol. The predicted octanol–water partition coefficient (Wildman–Crippen LogP) is -0.336. The number of amides is 1. The van der Waals surface area contributed by atoms with Crippen LogP contribution in [0.1, 0.15) is 19.8 Å². The zero-order valence-electron chi connectivity index (χ0n) is 8.49. The van der Waals surface area contributed by atoms with E-state index < -0.39 is 0 Å². The molecule has 0 aliphatic rings. The van der Waals surface area contributed by atoms with Gasteiger partial charge in [0.25, 0.3) is 0 Å². The summed E-state index contributed by atoms with van der Waals surface area (Å²) in [6.07, 6.45) is 0.673. The highest BCUT2D eigenvalue weighted by Gasteiger charge is 2.11. The Kier molecular flexibility index (Phi) is 6.47. The number of hydrogen-bond acceptors (Lipinski definition) is 4. The molecule has 0 radical (unpaired) electrons. The first-order valence-electron chi connectivity index (χ1n) is 4.38. The number of hydrogen-bond donors (Lipinski definition) is 3. The lowest BCUT2D eigenvalue weighted by atomic mass is 10.2. The quantitative estimate of drug-likeness (QED) is 0.238. The van der Waals surface area contributed by atoms with Gasteiger partial charge < -0.3 is 21.0 Å². The molecule has 0 bridgehead atoms. The normalized spacial score (nSPS) is 13.7. The molecule has 4 N–H and O–H groups in total. The number of carbonyl (C=O) groups is 1. The summed E-state index contributed by atoms with van der Waals surface area (Å²) in [6.45, 7) is 2.39. The van der Waals surface area contributed by atoms with Crippen LogP contribution in [0.2, 0.25) is 0 Å². The highest BCUT2D eigenvalue weighted by molar-refractivity contribution is 5.98. The molecule has 0 aromatic heterocycles. The molecule has 82 valence electrons. The summed E-state index contributed by atoms with van der Waals surface area (Å²) in [4.78, 5) is 11.2. The van der Waals surface area contributed by atoms with Gasteiger partial charge in [-0.1, -0.05) is 12.1 Å². The Balaban J connectivity index is 3.90. The van der Waals surface area contributed by atoms with Crippen LogP contribution in [0.4, 0.5) is 0 Å². The van der Waals surface area contributed by atoms with Gasteiger partial charge >= 0.3 is 0 Å². The number of ether oxygens (including phenoxy) is 1. The van der Waals surface area contributed by atoms with Crippen LogP contribution in [-0.4, -0.2) is 36.7 Å². The lowest BCUT2D eigenvalue weighted by Crippen LogP contribution is -2.39. The van der Waals surface area contributed by atoms with Crippen molar-refractivity contribution in [3.05, 3.63) is 0 Å². The van der Waals surface area contributed by atoms with E-state index in [2.05, 4.69) is 10.5 Å². The topological polar surface area (TPSA) is 96.9 Å². The number of oxime groups is 1. The van der Waals surface area contributed by atoms with Crippen molar-refractivity contribution in [1.82, 2.24) is 5.32 Å². The molecule has 0 aromatic carbocycles. The Morgan fingerprint density at radius 1 is 1.71 bits per heavy atom. The molecule has 0 saturated heterocycles. The number of rotatable bonds is 6.